The number of nitrogens with two attached hydrogens (primary N) is 2. The van der Waals surface area contributed by atoms with E-state index in [1.807, 2.05) is 30.3 Å². The van der Waals surface area contributed by atoms with Crippen LogP contribution in [0, 0.1) is 0 Å². The van der Waals surface area contributed by atoms with Gasteiger partial charge in [-0.15, -0.1) is 0 Å². The lowest BCUT2D eigenvalue weighted by Gasteiger charge is -2.37. The van der Waals surface area contributed by atoms with Crippen LogP contribution in [0.2, 0.25) is 0 Å². The topological polar surface area (TPSA) is 174 Å². The molecule has 2 aliphatic rings. The Balaban J connectivity index is 1.65. The molecule has 2 fully saturated rings. The summed E-state index contributed by atoms with van der Waals surface area (Å²) < 4.78 is 10.8. The van der Waals surface area contributed by atoms with Gasteiger partial charge in [-0.2, -0.15) is 0 Å². The van der Waals surface area contributed by atoms with Crippen molar-refractivity contribution in [3.63, 3.8) is 0 Å². The molecule has 0 unspecified atom stereocenters. The van der Waals surface area contributed by atoms with Gasteiger partial charge in [0.05, 0.1) is 0 Å². The van der Waals surface area contributed by atoms with E-state index in [2.05, 4.69) is 5.32 Å². The SMILES string of the molecule is CC(C)(C)OC(=O)[C@H](CCC(N)=O)NC(=O)[C@@H]1CC[C@@H]2CCN(C(=O)OCc3ccccc3)C[C@H](N)C(=O)N21. The Morgan fingerprint density at radius 2 is 1.79 bits per heavy atom. The van der Waals surface area contributed by atoms with Gasteiger partial charge in [0.1, 0.15) is 30.3 Å². The number of esters is 1. The monoisotopic (exact) mass is 545 g/mol. The highest BCUT2D eigenvalue weighted by molar-refractivity contribution is 5.93. The van der Waals surface area contributed by atoms with Gasteiger partial charge in [0.25, 0.3) is 0 Å². The van der Waals surface area contributed by atoms with Crippen molar-refractivity contribution in [3.8, 4) is 0 Å². The van der Waals surface area contributed by atoms with Crippen LogP contribution >= 0.6 is 0 Å². The third-order valence-corrected chi connectivity index (χ3v) is 6.68. The Kier molecular flexibility index (Phi) is 9.90. The molecule has 0 bridgehead atoms. The second-order valence-corrected chi connectivity index (χ2v) is 11.0. The van der Waals surface area contributed by atoms with Crippen molar-refractivity contribution in [1.82, 2.24) is 15.1 Å². The molecule has 4 atom stereocenters. The first-order valence-electron chi connectivity index (χ1n) is 13.2. The van der Waals surface area contributed by atoms with Crippen LogP contribution in [-0.2, 0) is 35.3 Å². The number of amides is 4. The third kappa shape index (κ3) is 8.41. The minimum Gasteiger partial charge on any atom is -0.458 e. The maximum atomic E-state index is 13.4. The number of hydrogen-bond acceptors (Lipinski definition) is 8. The molecule has 0 spiro atoms. The third-order valence-electron chi connectivity index (χ3n) is 6.68. The predicted octanol–water partition coefficient (Wildman–Crippen LogP) is 0.808. The highest BCUT2D eigenvalue weighted by Gasteiger charge is 2.45. The molecule has 2 heterocycles. The molecule has 0 aliphatic carbocycles. The van der Waals surface area contributed by atoms with E-state index < -0.39 is 53.5 Å². The molecule has 39 heavy (non-hydrogen) atoms. The van der Waals surface area contributed by atoms with Crippen molar-refractivity contribution in [2.45, 2.75) is 89.3 Å². The van der Waals surface area contributed by atoms with Crippen LogP contribution in [0.25, 0.3) is 0 Å². The second kappa shape index (κ2) is 12.9. The standard InChI is InChI=1S/C27H39N5O7/c1-27(2,3)39-25(36)20(10-12-22(29)33)30-23(34)21-11-9-18-13-14-31(15-19(28)24(35)32(18)21)26(37)38-16-17-7-5-4-6-8-17/h4-8,18-21H,9-16,28H2,1-3H3,(H2,29,33)(H,30,34)/t18-,19+,20+,21+/m1/s1. The van der Waals surface area contributed by atoms with E-state index in [0.717, 1.165) is 5.56 Å². The number of ether oxygens (including phenoxy) is 2. The van der Waals surface area contributed by atoms with E-state index >= 15 is 0 Å². The summed E-state index contributed by atoms with van der Waals surface area (Å²) in [6, 6.07) is 5.95. The van der Waals surface area contributed by atoms with E-state index in [0.29, 0.717) is 25.8 Å². The van der Waals surface area contributed by atoms with Gasteiger partial charge in [-0.1, -0.05) is 30.3 Å². The Morgan fingerprint density at radius 1 is 1.10 bits per heavy atom. The second-order valence-electron chi connectivity index (χ2n) is 11.0. The van der Waals surface area contributed by atoms with E-state index in [9.17, 15) is 24.0 Å². The fraction of sp³-hybridized carbons (Fsp3) is 0.593. The minimum atomic E-state index is -1.10. The highest BCUT2D eigenvalue weighted by Crippen LogP contribution is 2.29. The van der Waals surface area contributed by atoms with Crippen molar-refractivity contribution < 1.29 is 33.4 Å². The fourth-order valence-electron chi connectivity index (χ4n) is 4.81. The first kappa shape index (κ1) is 29.9. The fourth-order valence-corrected chi connectivity index (χ4v) is 4.81. The average Bonchev–Trinajstić information content (AvgIpc) is 3.29. The molecule has 12 heteroatoms. The Hall–Kier alpha value is -3.67. The first-order chi connectivity index (χ1) is 18.4. The van der Waals surface area contributed by atoms with Gasteiger partial charge in [0.2, 0.25) is 17.7 Å². The van der Waals surface area contributed by atoms with Gasteiger partial charge in [-0.25, -0.2) is 9.59 Å². The molecule has 1 aromatic carbocycles. The molecule has 5 N–H and O–H groups in total. The van der Waals surface area contributed by atoms with Gasteiger partial charge in [-0.05, 0) is 52.0 Å². The molecule has 0 aromatic heterocycles. The largest absolute Gasteiger partial charge is 0.458 e. The smallest absolute Gasteiger partial charge is 0.410 e. The van der Waals surface area contributed by atoms with Crippen molar-refractivity contribution in [2.24, 2.45) is 11.5 Å². The van der Waals surface area contributed by atoms with Crippen LogP contribution in [0.3, 0.4) is 0 Å². The first-order valence-corrected chi connectivity index (χ1v) is 13.2. The van der Waals surface area contributed by atoms with Crippen LogP contribution in [0.5, 0.6) is 0 Å². The average molecular weight is 546 g/mol. The number of rotatable bonds is 8. The lowest BCUT2D eigenvalue weighted by Crippen LogP contribution is -2.60. The molecule has 12 nitrogen and oxygen atoms in total. The lowest BCUT2D eigenvalue weighted by atomic mass is 10.1. The quantitative estimate of drug-likeness (QED) is 0.402. The van der Waals surface area contributed by atoms with Gasteiger partial charge in [0, 0.05) is 25.6 Å². The minimum absolute atomic E-state index is 0.0281. The molecule has 2 saturated heterocycles. The van der Waals surface area contributed by atoms with Gasteiger partial charge in [-0.3, -0.25) is 14.4 Å². The van der Waals surface area contributed by atoms with Crippen molar-refractivity contribution in [2.75, 3.05) is 13.1 Å². The summed E-state index contributed by atoms with van der Waals surface area (Å²) in [6.45, 7) is 5.44. The van der Waals surface area contributed by atoms with Crippen molar-refractivity contribution in [1.29, 1.82) is 0 Å². The van der Waals surface area contributed by atoms with Crippen molar-refractivity contribution >= 4 is 29.8 Å². The molecule has 2 aliphatic heterocycles. The molecule has 0 radical (unpaired) electrons. The number of carbonyl (C=O) groups excluding carboxylic acids is 5. The molecule has 0 saturated carbocycles. The molecule has 1 aromatic rings. The predicted molar refractivity (Wildman–Crippen MR) is 141 cm³/mol. The summed E-state index contributed by atoms with van der Waals surface area (Å²) in [5.74, 6) is -2.29. The van der Waals surface area contributed by atoms with Crippen LogP contribution in [0.15, 0.2) is 30.3 Å². The van der Waals surface area contributed by atoms with E-state index in [4.69, 9.17) is 20.9 Å². The highest BCUT2D eigenvalue weighted by atomic mass is 16.6. The zero-order chi connectivity index (χ0) is 28.7. The zero-order valence-electron chi connectivity index (χ0n) is 22.8. The summed E-state index contributed by atoms with van der Waals surface area (Å²) in [6.07, 6.45) is 0.629. The van der Waals surface area contributed by atoms with Crippen LogP contribution in [0.1, 0.15) is 58.4 Å². The Bertz CT molecular complexity index is 1060. The number of primary amides is 1. The number of carbonyl (C=O) groups is 5. The van der Waals surface area contributed by atoms with E-state index in [-0.39, 0.29) is 32.0 Å². The van der Waals surface area contributed by atoms with E-state index in [1.54, 1.807) is 20.8 Å². The van der Waals surface area contributed by atoms with Crippen LogP contribution in [0.4, 0.5) is 4.79 Å². The molecular weight excluding hydrogens is 506 g/mol. The molecule has 4 amide bonds. The van der Waals surface area contributed by atoms with Gasteiger partial charge < -0.3 is 36.1 Å². The number of nitrogens with one attached hydrogen (secondary N) is 1. The number of nitrogens with zero attached hydrogens (tertiary/aromatic N) is 2. The Morgan fingerprint density at radius 3 is 2.44 bits per heavy atom. The molecular formula is C27H39N5O7. The number of hydrogen-bond donors (Lipinski definition) is 3. The maximum absolute atomic E-state index is 13.4. The van der Waals surface area contributed by atoms with Crippen LogP contribution in [-0.4, -0.2) is 82.4 Å². The molecule has 3 rings (SSSR count). The summed E-state index contributed by atoms with van der Waals surface area (Å²) in [5, 5.41) is 2.66. The van der Waals surface area contributed by atoms with Gasteiger partial charge >= 0.3 is 12.1 Å². The van der Waals surface area contributed by atoms with Crippen LogP contribution < -0.4 is 16.8 Å². The zero-order valence-corrected chi connectivity index (χ0v) is 22.8. The summed E-state index contributed by atoms with van der Waals surface area (Å²) in [7, 11) is 0. The number of benzene rings is 1. The summed E-state index contributed by atoms with van der Waals surface area (Å²) >= 11 is 0. The number of fused-ring (bicyclic) bond motifs is 1. The normalized spacial score (nSPS) is 22.3. The maximum Gasteiger partial charge on any atom is 0.410 e. The van der Waals surface area contributed by atoms with E-state index in [1.165, 1.54) is 9.80 Å². The summed E-state index contributed by atoms with van der Waals surface area (Å²) in [5.41, 5.74) is 11.5. The van der Waals surface area contributed by atoms with Gasteiger partial charge in [0.15, 0.2) is 0 Å². The van der Waals surface area contributed by atoms with Crippen molar-refractivity contribution in [3.05, 3.63) is 35.9 Å². The lowest BCUT2D eigenvalue weighted by molar-refractivity contribution is -0.159. The molecule has 214 valence electrons. The summed E-state index contributed by atoms with van der Waals surface area (Å²) in [4.78, 5) is 66.4. The Labute approximate surface area is 228 Å².